The van der Waals surface area contributed by atoms with Gasteiger partial charge in [-0.1, -0.05) is 0 Å². The highest BCUT2D eigenvalue weighted by Gasteiger charge is 2.29. The quantitative estimate of drug-likeness (QED) is 0.861. The molecule has 0 aromatic carbocycles. The van der Waals surface area contributed by atoms with Gasteiger partial charge in [0.25, 0.3) is 0 Å². The van der Waals surface area contributed by atoms with Gasteiger partial charge in [-0.2, -0.15) is 4.37 Å². The number of hydrogen-bond donors (Lipinski definition) is 0. The molecule has 6 nitrogen and oxygen atoms in total. The average molecular weight is 330 g/mol. The van der Waals surface area contributed by atoms with Crippen molar-refractivity contribution >= 4 is 22.5 Å². The lowest BCUT2D eigenvalue weighted by Crippen LogP contribution is -2.47. The Morgan fingerprint density at radius 2 is 1.61 bits per heavy atom. The van der Waals surface area contributed by atoms with E-state index >= 15 is 0 Å². The van der Waals surface area contributed by atoms with E-state index in [4.69, 9.17) is 9.97 Å². The molecule has 7 heteroatoms. The maximum Gasteiger partial charge on any atom is 0.205 e. The number of piperazine rings is 1. The van der Waals surface area contributed by atoms with Crippen molar-refractivity contribution in [1.82, 2.24) is 19.3 Å². The summed E-state index contributed by atoms with van der Waals surface area (Å²) in [4.78, 5) is 18.8. The van der Waals surface area contributed by atoms with Gasteiger partial charge in [0, 0.05) is 54.9 Å². The minimum Gasteiger partial charge on any atom is -0.353 e. The van der Waals surface area contributed by atoms with E-state index in [0.29, 0.717) is 5.92 Å². The Hall–Kier alpha value is -1.76. The molecule has 1 saturated carbocycles. The summed E-state index contributed by atoms with van der Waals surface area (Å²) < 4.78 is 4.29. The SMILES string of the molecule is Cc1nsc(N2CCN(c3nc(C4CC4)nc(C)c3C)CC2)n1. The third-order valence-corrected chi connectivity index (χ3v) is 5.56. The van der Waals surface area contributed by atoms with E-state index in [1.165, 1.54) is 29.9 Å². The Labute approximate surface area is 140 Å². The molecule has 0 amide bonds. The minimum absolute atomic E-state index is 0.596. The van der Waals surface area contributed by atoms with E-state index in [1.807, 2.05) is 6.92 Å². The monoisotopic (exact) mass is 330 g/mol. The fraction of sp³-hybridized carbons (Fsp3) is 0.625. The second-order valence-corrected chi connectivity index (χ2v) is 7.22. The summed E-state index contributed by atoms with van der Waals surface area (Å²) in [5.41, 5.74) is 2.34. The topological polar surface area (TPSA) is 58.0 Å². The van der Waals surface area contributed by atoms with Crippen LogP contribution in [0.1, 0.15) is 41.7 Å². The molecule has 2 aromatic heterocycles. The number of aryl methyl sites for hydroxylation is 2. The fourth-order valence-corrected chi connectivity index (χ4v) is 3.72. The lowest BCUT2D eigenvalue weighted by atomic mass is 10.2. The first-order valence-electron chi connectivity index (χ1n) is 8.27. The highest BCUT2D eigenvalue weighted by Crippen LogP contribution is 2.39. The Morgan fingerprint density at radius 1 is 0.913 bits per heavy atom. The molecule has 0 unspecified atom stereocenters. The zero-order chi connectivity index (χ0) is 16.0. The number of hydrogen-bond acceptors (Lipinski definition) is 7. The molecule has 1 aliphatic heterocycles. The van der Waals surface area contributed by atoms with Gasteiger partial charge in [-0.15, -0.1) is 0 Å². The van der Waals surface area contributed by atoms with Crippen molar-refractivity contribution in [3.63, 3.8) is 0 Å². The Bertz CT molecular complexity index is 715. The standard InChI is InChI=1S/C16H22N6S/c1-10-11(2)17-14(13-4-5-13)19-15(10)21-6-8-22(9-7-21)16-18-12(3)20-23-16/h13H,4-9H2,1-3H3. The molecule has 3 heterocycles. The van der Waals surface area contributed by atoms with Gasteiger partial charge in [0.15, 0.2) is 0 Å². The van der Waals surface area contributed by atoms with Crippen molar-refractivity contribution in [1.29, 1.82) is 0 Å². The molecule has 2 aliphatic rings. The number of rotatable bonds is 3. The zero-order valence-electron chi connectivity index (χ0n) is 13.9. The van der Waals surface area contributed by atoms with Crippen LogP contribution in [0.3, 0.4) is 0 Å². The van der Waals surface area contributed by atoms with Crippen LogP contribution in [-0.2, 0) is 0 Å². The predicted molar refractivity (Wildman–Crippen MR) is 92.6 cm³/mol. The van der Waals surface area contributed by atoms with E-state index in [0.717, 1.165) is 54.5 Å². The molecule has 2 fully saturated rings. The van der Waals surface area contributed by atoms with Crippen molar-refractivity contribution in [2.45, 2.75) is 39.5 Å². The Balaban J connectivity index is 1.52. The van der Waals surface area contributed by atoms with Crippen molar-refractivity contribution < 1.29 is 0 Å². The fourth-order valence-electron chi connectivity index (χ4n) is 2.99. The highest BCUT2D eigenvalue weighted by molar-refractivity contribution is 7.09. The van der Waals surface area contributed by atoms with Crippen LogP contribution in [0.25, 0.3) is 0 Å². The predicted octanol–water partition coefficient (Wildman–Crippen LogP) is 2.46. The molecule has 122 valence electrons. The van der Waals surface area contributed by atoms with Crippen molar-refractivity contribution in [2.75, 3.05) is 36.0 Å². The molecular formula is C16H22N6S. The van der Waals surface area contributed by atoms with Crippen LogP contribution in [0.2, 0.25) is 0 Å². The molecule has 4 rings (SSSR count). The maximum absolute atomic E-state index is 4.89. The molecule has 1 saturated heterocycles. The Kier molecular flexibility index (Phi) is 3.67. The second-order valence-electron chi connectivity index (χ2n) is 6.49. The van der Waals surface area contributed by atoms with Gasteiger partial charge in [0.05, 0.1) is 0 Å². The van der Waals surface area contributed by atoms with Gasteiger partial charge < -0.3 is 9.80 Å². The van der Waals surface area contributed by atoms with Gasteiger partial charge >= 0.3 is 0 Å². The molecule has 1 aliphatic carbocycles. The number of aromatic nitrogens is 4. The lowest BCUT2D eigenvalue weighted by molar-refractivity contribution is 0.640. The van der Waals surface area contributed by atoms with Gasteiger partial charge in [0.2, 0.25) is 5.13 Å². The van der Waals surface area contributed by atoms with Crippen LogP contribution >= 0.6 is 11.5 Å². The third-order valence-electron chi connectivity index (χ3n) is 4.69. The zero-order valence-corrected chi connectivity index (χ0v) is 14.7. The minimum atomic E-state index is 0.596. The number of anilines is 2. The van der Waals surface area contributed by atoms with E-state index in [2.05, 4.69) is 33.0 Å². The van der Waals surface area contributed by atoms with Crippen molar-refractivity contribution in [3.8, 4) is 0 Å². The lowest BCUT2D eigenvalue weighted by Gasteiger charge is -2.36. The van der Waals surface area contributed by atoms with Crippen LogP contribution in [0.4, 0.5) is 10.9 Å². The van der Waals surface area contributed by atoms with Crippen LogP contribution in [0.5, 0.6) is 0 Å². The van der Waals surface area contributed by atoms with Gasteiger partial charge in [-0.25, -0.2) is 15.0 Å². The smallest absolute Gasteiger partial charge is 0.205 e. The maximum atomic E-state index is 4.89. The molecule has 0 bridgehead atoms. The van der Waals surface area contributed by atoms with E-state index in [9.17, 15) is 0 Å². The third kappa shape index (κ3) is 2.89. The van der Waals surface area contributed by atoms with Crippen LogP contribution in [0, 0.1) is 20.8 Å². The van der Waals surface area contributed by atoms with E-state index < -0.39 is 0 Å². The highest BCUT2D eigenvalue weighted by atomic mass is 32.1. The van der Waals surface area contributed by atoms with Gasteiger partial charge in [-0.05, 0) is 33.6 Å². The Morgan fingerprint density at radius 3 is 2.22 bits per heavy atom. The summed E-state index contributed by atoms with van der Waals surface area (Å²) in [6.07, 6.45) is 2.48. The normalized spacial score (nSPS) is 18.6. The van der Waals surface area contributed by atoms with Gasteiger partial charge in [0.1, 0.15) is 17.5 Å². The average Bonchev–Trinajstić information content (AvgIpc) is 3.32. The molecule has 0 N–H and O–H groups in total. The number of nitrogens with zero attached hydrogens (tertiary/aromatic N) is 6. The molecule has 2 aromatic rings. The molecule has 0 spiro atoms. The van der Waals surface area contributed by atoms with Gasteiger partial charge in [-0.3, -0.25) is 0 Å². The van der Waals surface area contributed by atoms with Crippen LogP contribution in [-0.4, -0.2) is 45.5 Å². The summed E-state index contributed by atoms with van der Waals surface area (Å²) in [5.74, 6) is 3.64. The first-order chi connectivity index (χ1) is 11.1. The molecule has 23 heavy (non-hydrogen) atoms. The van der Waals surface area contributed by atoms with E-state index in [-0.39, 0.29) is 0 Å². The van der Waals surface area contributed by atoms with Crippen molar-refractivity contribution in [2.24, 2.45) is 0 Å². The first-order valence-corrected chi connectivity index (χ1v) is 9.04. The molecule has 0 radical (unpaired) electrons. The summed E-state index contributed by atoms with van der Waals surface area (Å²) >= 11 is 1.49. The summed E-state index contributed by atoms with van der Waals surface area (Å²) in [6.45, 7) is 10.1. The second kappa shape index (κ2) is 5.70. The van der Waals surface area contributed by atoms with Crippen LogP contribution < -0.4 is 9.80 Å². The summed E-state index contributed by atoms with van der Waals surface area (Å²) in [5, 5.41) is 1.04. The molecular weight excluding hydrogens is 308 g/mol. The van der Waals surface area contributed by atoms with Crippen LogP contribution in [0.15, 0.2) is 0 Å². The van der Waals surface area contributed by atoms with Crippen molar-refractivity contribution in [3.05, 3.63) is 22.9 Å². The van der Waals surface area contributed by atoms with E-state index in [1.54, 1.807) is 0 Å². The first kappa shape index (κ1) is 14.8. The largest absolute Gasteiger partial charge is 0.353 e. The molecule has 0 atom stereocenters. The summed E-state index contributed by atoms with van der Waals surface area (Å²) in [7, 11) is 0. The summed E-state index contributed by atoms with van der Waals surface area (Å²) in [6, 6.07) is 0.